The highest BCUT2D eigenvalue weighted by molar-refractivity contribution is 9.10. The maximum absolute atomic E-state index is 11.5. The van der Waals surface area contributed by atoms with E-state index in [1.54, 1.807) is 6.92 Å². The van der Waals surface area contributed by atoms with E-state index >= 15 is 0 Å². The van der Waals surface area contributed by atoms with E-state index in [1.165, 1.54) is 19.2 Å². The van der Waals surface area contributed by atoms with Gasteiger partial charge in [0.2, 0.25) is 0 Å². The first-order chi connectivity index (χ1) is 9.77. The fraction of sp³-hybridized carbons (Fsp3) is 0.500. The fourth-order valence-electron chi connectivity index (χ4n) is 1.54. The van der Waals surface area contributed by atoms with Crippen LogP contribution in [0.25, 0.3) is 0 Å². The Kier molecular flexibility index (Phi) is 6.03. The molecule has 2 N–H and O–H groups in total. The Hall–Kier alpha value is -1.74. The standard InChI is InChI=1S/C12H16BrN3O5/c1-3-21-11(17)12(2,18)4-5-14-9-6-8(13)7-15-10(9)16(19)20/h6-7,14,18H,3-5H2,1-2H3. The molecule has 1 aromatic heterocycles. The Balaban J connectivity index is 2.70. The maximum Gasteiger partial charge on any atom is 0.386 e. The lowest BCUT2D eigenvalue weighted by molar-refractivity contribution is -0.388. The lowest BCUT2D eigenvalue weighted by Crippen LogP contribution is -2.38. The number of aromatic nitrogens is 1. The molecule has 1 heterocycles. The van der Waals surface area contributed by atoms with E-state index in [0.29, 0.717) is 4.47 Å². The molecule has 0 aliphatic rings. The molecular weight excluding hydrogens is 346 g/mol. The molecule has 1 unspecified atom stereocenters. The molecule has 0 fully saturated rings. The minimum absolute atomic E-state index is 0.0372. The highest BCUT2D eigenvalue weighted by Gasteiger charge is 2.31. The Labute approximate surface area is 129 Å². The SMILES string of the molecule is CCOC(=O)C(C)(O)CCNc1cc(Br)cnc1[N+](=O)[O-]. The van der Waals surface area contributed by atoms with Crippen molar-refractivity contribution in [2.24, 2.45) is 0 Å². The average molecular weight is 362 g/mol. The van der Waals surface area contributed by atoms with Gasteiger partial charge in [0.15, 0.2) is 11.8 Å². The van der Waals surface area contributed by atoms with Gasteiger partial charge in [-0.1, -0.05) is 0 Å². The number of nitro groups is 1. The zero-order valence-corrected chi connectivity index (χ0v) is 13.2. The number of ether oxygens (including phenoxy) is 1. The van der Waals surface area contributed by atoms with Gasteiger partial charge >= 0.3 is 11.8 Å². The number of carbonyl (C=O) groups is 1. The van der Waals surface area contributed by atoms with Gasteiger partial charge < -0.3 is 25.3 Å². The van der Waals surface area contributed by atoms with E-state index in [1.807, 2.05) is 0 Å². The Bertz CT molecular complexity index is 536. The van der Waals surface area contributed by atoms with Crippen LogP contribution in [-0.2, 0) is 9.53 Å². The van der Waals surface area contributed by atoms with Crippen molar-refractivity contribution in [1.29, 1.82) is 0 Å². The third kappa shape index (κ3) is 4.94. The van der Waals surface area contributed by atoms with Crippen LogP contribution in [-0.4, -0.2) is 39.7 Å². The molecule has 0 aliphatic heterocycles. The van der Waals surface area contributed by atoms with Gasteiger partial charge in [-0.2, -0.15) is 0 Å². The van der Waals surface area contributed by atoms with Gasteiger partial charge in [0.25, 0.3) is 0 Å². The second-order valence-electron chi connectivity index (χ2n) is 4.45. The highest BCUT2D eigenvalue weighted by atomic mass is 79.9. The molecule has 0 saturated carbocycles. The summed E-state index contributed by atoms with van der Waals surface area (Å²) in [5.74, 6) is -1.05. The number of anilines is 1. The Morgan fingerprint density at radius 3 is 2.90 bits per heavy atom. The molecule has 8 nitrogen and oxygen atoms in total. The van der Waals surface area contributed by atoms with Crippen LogP contribution in [0, 0.1) is 10.1 Å². The van der Waals surface area contributed by atoms with Gasteiger partial charge in [0.1, 0.15) is 5.69 Å². The van der Waals surface area contributed by atoms with Crippen LogP contribution in [0.5, 0.6) is 0 Å². The first kappa shape index (κ1) is 17.3. The molecule has 0 aromatic carbocycles. The number of carbonyl (C=O) groups excluding carboxylic acids is 1. The van der Waals surface area contributed by atoms with Gasteiger partial charge in [0.05, 0.1) is 11.1 Å². The Morgan fingerprint density at radius 2 is 2.33 bits per heavy atom. The van der Waals surface area contributed by atoms with Gasteiger partial charge in [-0.3, -0.25) is 0 Å². The van der Waals surface area contributed by atoms with Crippen LogP contribution in [0.2, 0.25) is 0 Å². The number of hydrogen-bond donors (Lipinski definition) is 2. The summed E-state index contributed by atoms with van der Waals surface area (Å²) < 4.78 is 5.32. The van der Waals surface area contributed by atoms with Crippen LogP contribution in [0.3, 0.4) is 0 Å². The molecule has 0 aliphatic carbocycles. The van der Waals surface area contributed by atoms with E-state index < -0.39 is 16.5 Å². The van der Waals surface area contributed by atoms with Crippen molar-refractivity contribution in [3.05, 3.63) is 26.9 Å². The second-order valence-corrected chi connectivity index (χ2v) is 5.37. The number of aliphatic hydroxyl groups is 1. The zero-order chi connectivity index (χ0) is 16.0. The van der Waals surface area contributed by atoms with E-state index in [2.05, 4.69) is 26.2 Å². The van der Waals surface area contributed by atoms with Gasteiger partial charge in [-0.15, -0.1) is 0 Å². The van der Waals surface area contributed by atoms with Crippen molar-refractivity contribution in [1.82, 2.24) is 4.98 Å². The first-order valence-electron chi connectivity index (χ1n) is 6.21. The molecule has 0 bridgehead atoms. The molecule has 0 radical (unpaired) electrons. The third-order valence-corrected chi connectivity index (χ3v) is 3.08. The van der Waals surface area contributed by atoms with Crippen molar-refractivity contribution < 1.29 is 19.6 Å². The number of halogens is 1. The summed E-state index contributed by atoms with van der Waals surface area (Å²) in [7, 11) is 0. The summed E-state index contributed by atoms with van der Waals surface area (Å²) in [6.45, 7) is 3.29. The fourth-order valence-corrected chi connectivity index (χ4v) is 1.87. The summed E-state index contributed by atoms with van der Waals surface area (Å²) in [5, 5.41) is 23.6. The monoisotopic (exact) mass is 361 g/mol. The largest absolute Gasteiger partial charge is 0.464 e. The zero-order valence-electron chi connectivity index (χ0n) is 11.6. The van der Waals surface area contributed by atoms with E-state index in [0.717, 1.165) is 0 Å². The number of nitrogens with one attached hydrogen (secondary N) is 1. The molecular formula is C12H16BrN3O5. The first-order valence-corrected chi connectivity index (χ1v) is 7.00. The van der Waals surface area contributed by atoms with E-state index in [-0.39, 0.29) is 31.1 Å². The molecule has 0 amide bonds. The van der Waals surface area contributed by atoms with Crippen LogP contribution in [0.1, 0.15) is 20.3 Å². The minimum Gasteiger partial charge on any atom is -0.464 e. The van der Waals surface area contributed by atoms with Crippen molar-refractivity contribution in [2.45, 2.75) is 25.9 Å². The predicted molar refractivity (Wildman–Crippen MR) is 79.0 cm³/mol. The summed E-state index contributed by atoms with van der Waals surface area (Å²) >= 11 is 3.17. The third-order valence-electron chi connectivity index (χ3n) is 2.65. The normalized spacial score (nSPS) is 13.3. The number of hydrogen-bond acceptors (Lipinski definition) is 7. The van der Waals surface area contributed by atoms with Gasteiger partial charge in [-0.05, 0) is 45.8 Å². The van der Waals surface area contributed by atoms with Crippen LogP contribution in [0.4, 0.5) is 11.5 Å². The maximum atomic E-state index is 11.5. The van der Waals surface area contributed by atoms with E-state index in [9.17, 15) is 20.0 Å². The van der Waals surface area contributed by atoms with Crippen molar-refractivity contribution in [3.63, 3.8) is 0 Å². The smallest absolute Gasteiger partial charge is 0.386 e. The molecule has 1 aromatic rings. The topological polar surface area (TPSA) is 115 Å². The van der Waals surface area contributed by atoms with Crippen LogP contribution in [0.15, 0.2) is 16.7 Å². The van der Waals surface area contributed by atoms with Crippen LogP contribution >= 0.6 is 15.9 Å². The number of esters is 1. The van der Waals surface area contributed by atoms with Crippen molar-refractivity contribution in [3.8, 4) is 0 Å². The molecule has 0 spiro atoms. The summed E-state index contributed by atoms with van der Waals surface area (Å²) in [6, 6.07) is 1.50. The number of nitrogens with zero attached hydrogens (tertiary/aromatic N) is 2. The van der Waals surface area contributed by atoms with Crippen molar-refractivity contribution >= 4 is 33.4 Å². The minimum atomic E-state index is -1.66. The van der Waals surface area contributed by atoms with Gasteiger partial charge in [-0.25, -0.2) is 4.79 Å². The molecule has 1 atom stereocenters. The lowest BCUT2D eigenvalue weighted by atomic mass is 10.0. The Morgan fingerprint density at radius 1 is 1.67 bits per heavy atom. The molecule has 1 rings (SSSR count). The number of pyridine rings is 1. The quantitative estimate of drug-likeness (QED) is 0.432. The average Bonchev–Trinajstić information content (AvgIpc) is 2.38. The molecule has 9 heteroatoms. The van der Waals surface area contributed by atoms with Crippen molar-refractivity contribution in [2.75, 3.05) is 18.5 Å². The lowest BCUT2D eigenvalue weighted by Gasteiger charge is -2.21. The second kappa shape index (κ2) is 7.32. The summed E-state index contributed by atoms with van der Waals surface area (Å²) in [4.78, 5) is 25.4. The number of rotatable bonds is 7. The molecule has 21 heavy (non-hydrogen) atoms. The highest BCUT2D eigenvalue weighted by Crippen LogP contribution is 2.25. The summed E-state index contributed by atoms with van der Waals surface area (Å²) in [5.41, 5.74) is -1.45. The van der Waals surface area contributed by atoms with Crippen LogP contribution < -0.4 is 5.32 Å². The van der Waals surface area contributed by atoms with E-state index in [4.69, 9.17) is 4.74 Å². The summed E-state index contributed by atoms with van der Waals surface area (Å²) in [6.07, 6.45) is 1.35. The van der Waals surface area contributed by atoms with Gasteiger partial charge in [0, 0.05) is 13.0 Å². The molecule has 116 valence electrons. The predicted octanol–water partition coefficient (Wildman–Crippen LogP) is 1.87. The molecule has 0 saturated heterocycles.